The molecule has 108 valence electrons. The number of halogens is 2. The van der Waals surface area contributed by atoms with Crippen LogP contribution in [0.15, 0.2) is 36.4 Å². The lowest BCUT2D eigenvalue weighted by atomic mass is 10.1. The van der Waals surface area contributed by atoms with E-state index in [0.29, 0.717) is 6.07 Å². The van der Waals surface area contributed by atoms with E-state index in [4.69, 9.17) is 5.11 Å². The Kier molecular flexibility index (Phi) is 3.79. The number of nitro benzene ring substituents is 1. The standard InChI is InChI=1S/C13H8F2N2O4/c14-8-3-1-2-4-10(8)16-11-5-7(13(18)19)12(17(20)21)6-9(11)15/h1-6,16H,(H,18,19). The Bertz CT molecular complexity index is 734. The van der Waals surface area contributed by atoms with E-state index in [1.54, 1.807) is 0 Å². The fourth-order valence-corrected chi connectivity index (χ4v) is 1.69. The lowest BCUT2D eigenvalue weighted by Gasteiger charge is -2.09. The molecular weight excluding hydrogens is 286 g/mol. The van der Waals surface area contributed by atoms with Crippen LogP contribution in [0.3, 0.4) is 0 Å². The van der Waals surface area contributed by atoms with E-state index in [9.17, 15) is 23.7 Å². The highest BCUT2D eigenvalue weighted by molar-refractivity contribution is 5.94. The minimum atomic E-state index is -1.58. The van der Waals surface area contributed by atoms with Gasteiger partial charge in [-0.1, -0.05) is 12.1 Å². The third-order valence-electron chi connectivity index (χ3n) is 2.66. The Morgan fingerprint density at radius 1 is 1.14 bits per heavy atom. The zero-order valence-electron chi connectivity index (χ0n) is 10.3. The Morgan fingerprint density at radius 2 is 1.81 bits per heavy atom. The number of carboxylic acid groups (broad SMARTS) is 1. The molecule has 8 heteroatoms. The van der Waals surface area contributed by atoms with Crippen LogP contribution in [-0.2, 0) is 0 Å². The SMILES string of the molecule is O=C(O)c1cc(Nc2ccccc2F)c(F)cc1[N+](=O)[O-]. The van der Waals surface area contributed by atoms with Crippen LogP contribution in [0.4, 0.5) is 25.8 Å². The zero-order chi connectivity index (χ0) is 15.6. The molecule has 0 spiro atoms. The third kappa shape index (κ3) is 2.94. The molecule has 2 N–H and O–H groups in total. The lowest BCUT2D eigenvalue weighted by Crippen LogP contribution is -2.06. The van der Waals surface area contributed by atoms with Crippen molar-refractivity contribution in [1.82, 2.24) is 0 Å². The van der Waals surface area contributed by atoms with Gasteiger partial charge in [-0.15, -0.1) is 0 Å². The summed E-state index contributed by atoms with van der Waals surface area (Å²) >= 11 is 0. The molecule has 0 radical (unpaired) electrons. The molecule has 2 aromatic carbocycles. The highest BCUT2D eigenvalue weighted by Gasteiger charge is 2.23. The maximum absolute atomic E-state index is 13.8. The van der Waals surface area contributed by atoms with Crippen LogP contribution >= 0.6 is 0 Å². The van der Waals surface area contributed by atoms with Crippen molar-refractivity contribution in [2.75, 3.05) is 5.32 Å². The summed E-state index contributed by atoms with van der Waals surface area (Å²) in [5, 5.41) is 22.0. The van der Waals surface area contributed by atoms with Gasteiger partial charge in [-0.2, -0.15) is 0 Å². The van der Waals surface area contributed by atoms with E-state index in [1.165, 1.54) is 18.2 Å². The number of nitrogens with one attached hydrogen (secondary N) is 1. The van der Waals surface area contributed by atoms with Crippen LogP contribution in [0.25, 0.3) is 0 Å². The molecule has 0 saturated heterocycles. The number of hydrogen-bond donors (Lipinski definition) is 2. The maximum atomic E-state index is 13.8. The maximum Gasteiger partial charge on any atom is 0.342 e. The van der Waals surface area contributed by atoms with Crippen LogP contribution in [0.2, 0.25) is 0 Å². The van der Waals surface area contributed by atoms with Gasteiger partial charge in [-0.3, -0.25) is 10.1 Å². The summed E-state index contributed by atoms with van der Waals surface area (Å²) in [6, 6.07) is 6.59. The summed E-state index contributed by atoms with van der Waals surface area (Å²) < 4.78 is 27.3. The molecule has 0 heterocycles. The molecule has 0 saturated carbocycles. The van der Waals surface area contributed by atoms with Gasteiger partial charge in [-0.05, 0) is 18.2 Å². The molecule has 0 fully saturated rings. The summed E-state index contributed by atoms with van der Waals surface area (Å²) in [6.45, 7) is 0. The van der Waals surface area contributed by atoms with Crippen molar-refractivity contribution in [3.8, 4) is 0 Å². The van der Waals surface area contributed by atoms with E-state index in [0.717, 1.165) is 12.1 Å². The first-order valence-electron chi connectivity index (χ1n) is 5.63. The fraction of sp³-hybridized carbons (Fsp3) is 0. The molecule has 0 atom stereocenters. The van der Waals surface area contributed by atoms with Gasteiger partial charge >= 0.3 is 5.97 Å². The first-order valence-corrected chi connectivity index (χ1v) is 5.63. The predicted molar refractivity (Wildman–Crippen MR) is 69.7 cm³/mol. The topological polar surface area (TPSA) is 92.5 Å². The highest BCUT2D eigenvalue weighted by Crippen LogP contribution is 2.29. The second-order valence-corrected chi connectivity index (χ2v) is 4.02. The van der Waals surface area contributed by atoms with Gasteiger partial charge in [0.15, 0.2) is 5.82 Å². The average molecular weight is 294 g/mol. The molecule has 0 amide bonds. The number of benzene rings is 2. The second kappa shape index (κ2) is 5.53. The van der Waals surface area contributed by atoms with Crippen molar-refractivity contribution in [1.29, 1.82) is 0 Å². The molecule has 0 aromatic heterocycles. The van der Waals surface area contributed by atoms with Gasteiger partial charge in [0.25, 0.3) is 5.69 Å². The van der Waals surface area contributed by atoms with Crippen molar-refractivity contribution in [3.63, 3.8) is 0 Å². The summed E-state index contributed by atoms with van der Waals surface area (Å²) in [5.74, 6) is -3.32. The van der Waals surface area contributed by atoms with E-state index in [2.05, 4.69) is 5.32 Å². The molecule has 2 rings (SSSR count). The smallest absolute Gasteiger partial charge is 0.342 e. The molecule has 0 bridgehead atoms. The van der Waals surface area contributed by atoms with Crippen molar-refractivity contribution in [2.24, 2.45) is 0 Å². The molecule has 2 aromatic rings. The minimum absolute atomic E-state index is 0.0819. The van der Waals surface area contributed by atoms with Gasteiger partial charge in [0.05, 0.1) is 22.4 Å². The van der Waals surface area contributed by atoms with Crippen molar-refractivity contribution in [3.05, 3.63) is 63.7 Å². The van der Waals surface area contributed by atoms with Gasteiger partial charge in [0, 0.05) is 0 Å². The largest absolute Gasteiger partial charge is 0.477 e. The number of nitrogens with zero attached hydrogens (tertiary/aromatic N) is 1. The summed E-state index contributed by atoms with van der Waals surface area (Å²) in [7, 11) is 0. The molecule has 6 nitrogen and oxygen atoms in total. The van der Waals surface area contributed by atoms with Crippen molar-refractivity contribution in [2.45, 2.75) is 0 Å². The number of rotatable bonds is 4. The third-order valence-corrected chi connectivity index (χ3v) is 2.66. The summed E-state index contributed by atoms with van der Waals surface area (Å²) in [6.07, 6.45) is 0. The normalized spacial score (nSPS) is 10.2. The Labute approximate surface area is 116 Å². The van der Waals surface area contributed by atoms with Crippen molar-refractivity contribution >= 4 is 23.0 Å². The average Bonchev–Trinajstić information content (AvgIpc) is 2.42. The number of carboxylic acids is 1. The van der Waals surface area contributed by atoms with Gasteiger partial charge in [0.1, 0.15) is 11.4 Å². The van der Waals surface area contributed by atoms with E-state index in [-0.39, 0.29) is 11.4 Å². The predicted octanol–water partition coefficient (Wildman–Crippen LogP) is 3.31. The van der Waals surface area contributed by atoms with Gasteiger partial charge in [0.2, 0.25) is 0 Å². The summed E-state index contributed by atoms with van der Waals surface area (Å²) in [5.41, 5.74) is -2.02. The van der Waals surface area contributed by atoms with E-state index < -0.39 is 33.8 Å². The number of para-hydroxylation sites is 1. The number of carbonyl (C=O) groups is 1. The van der Waals surface area contributed by atoms with Gasteiger partial charge in [-0.25, -0.2) is 13.6 Å². The van der Waals surface area contributed by atoms with Crippen LogP contribution in [0.5, 0.6) is 0 Å². The van der Waals surface area contributed by atoms with Crippen molar-refractivity contribution < 1.29 is 23.6 Å². The first-order chi connectivity index (χ1) is 9.90. The van der Waals surface area contributed by atoms with E-state index in [1.807, 2.05) is 0 Å². The number of hydrogen-bond acceptors (Lipinski definition) is 4. The Balaban J connectivity index is 2.50. The van der Waals surface area contributed by atoms with E-state index >= 15 is 0 Å². The molecule has 0 aliphatic carbocycles. The van der Waals surface area contributed by atoms with Crippen LogP contribution in [0, 0.1) is 21.7 Å². The van der Waals surface area contributed by atoms with Gasteiger partial charge < -0.3 is 10.4 Å². The zero-order valence-corrected chi connectivity index (χ0v) is 10.3. The molecular formula is C13H8F2N2O4. The first kappa shape index (κ1) is 14.4. The molecule has 0 unspecified atom stereocenters. The second-order valence-electron chi connectivity index (χ2n) is 4.02. The Hall–Kier alpha value is -3.03. The minimum Gasteiger partial charge on any atom is -0.477 e. The molecule has 0 aliphatic heterocycles. The van der Waals surface area contributed by atoms with Crippen LogP contribution in [-0.4, -0.2) is 16.0 Å². The van der Waals surface area contributed by atoms with Crippen LogP contribution in [0.1, 0.15) is 10.4 Å². The number of anilines is 2. The molecule has 21 heavy (non-hydrogen) atoms. The highest BCUT2D eigenvalue weighted by atomic mass is 19.1. The number of nitro groups is 1. The Morgan fingerprint density at radius 3 is 2.38 bits per heavy atom. The number of aromatic carboxylic acids is 1. The monoisotopic (exact) mass is 294 g/mol. The fourth-order valence-electron chi connectivity index (χ4n) is 1.69. The quantitative estimate of drug-likeness (QED) is 0.666. The lowest BCUT2D eigenvalue weighted by molar-refractivity contribution is -0.385. The molecule has 0 aliphatic rings. The van der Waals surface area contributed by atoms with Crippen LogP contribution < -0.4 is 5.32 Å². The summed E-state index contributed by atoms with van der Waals surface area (Å²) in [4.78, 5) is 20.7.